The molecule has 1 aliphatic rings. The summed E-state index contributed by atoms with van der Waals surface area (Å²) in [5.74, 6) is 1.05. The molecule has 9 heteroatoms. The van der Waals surface area contributed by atoms with Gasteiger partial charge in [0.15, 0.2) is 11.2 Å². The number of rotatable bonds is 4. The van der Waals surface area contributed by atoms with Gasteiger partial charge in [-0.25, -0.2) is 9.78 Å². The monoisotopic (exact) mass is 335 g/mol. The lowest BCUT2D eigenvalue weighted by atomic mass is 10.2. The molecule has 130 valence electrons. The molecular formula is C15H23N6O3+. The second-order valence-electron chi connectivity index (χ2n) is 6.17. The first kappa shape index (κ1) is 16.4. The molecule has 0 radical (unpaired) electrons. The van der Waals surface area contributed by atoms with Crippen LogP contribution in [-0.2, 0) is 20.6 Å². The number of aliphatic hydroxyl groups excluding tert-OH is 1. The average molecular weight is 335 g/mol. The molecule has 1 atom stereocenters. The van der Waals surface area contributed by atoms with Gasteiger partial charge in [0.1, 0.15) is 12.6 Å². The van der Waals surface area contributed by atoms with Crippen LogP contribution in [0.2, 0.25) is 0 Å². The highest BCUT2D eigenvalue weighted by Gasteiger charge is 2.18. The Kier molecular flexibility index (Phi) is 4.52. The van der Waals surface area contributed by atoms with Crippen LogP contribution in [0.1, 0.15) is 19.3 Å². The maximum absolute atomic E-state index is 12.3. The fourth-order valence-electron chi connectivity index (χ4n) is 2.97. The molecule has 0 bridgehead atoms. The van der Waals surface area contributed by atoms with Crippen molar-refractivity contribution in [2.24, 2.45) is 14.1 Å². The molecule has 24 heavy (non-hydrogen) atoms. The number of hydrogen-bond acceptors (Lipinski definition) is 5. The van der Waals surface area contributed by atoms with E-state index in [2.05, 4.69) is 15.3 Å². The number of nitrogens with one attached hydrogen (secondary N) is 2. The van der Waals surface area contributed by atoms with Crippen molar-refractivity contribution in [1.82, 2.24) is 24.0 Å². The maximum Gasteiger partial charge on any atom is 0.332 e. The summed E-state index contributed by atoms with van der Waals surface area (Å²) >= 11 is 0. The fraction of sp³-hybridized carbons (Fsp3) is 0.600. The third-order valence-electron chi connectivity index (χ3n) is 4.37. The highest BCUT2D eigenvalue weighted by Crippen LogP contribution is 2.06. The molecule has 0 amide bonds. The summed E-state index contributed by atoms with van der Waals surface area (Å²) in [6.07, 6.45) is 4.07. The van der Waals surface area contributed by atoms with Crippen molar-refractivity contribution in [2.45, 2.75) is 31.9 Å². The van der Waals surface area contributed by atoms with Crippen LogP contribution in [0.5, 0.6) is 0 Å². The first-order chi connectivity index (χ1) is 11.5. The lowest BCUT2D eigenvalue weighted by Crippen LogP contribution is -2.77. The topological polar surface area (TPSA) is 108 Å². The van der Waals surface area contributed by atoms with Crippen molar-refractivity contribution in [1.29, 1.82) is 0 Å². The summed E-state index contributed by atoms with van der Waals surface area (Å²) < 4.78 is 3.98. The average Bonchev–Trinajstić information content (AvgIpc) is 3.01. The van der Waals surface area contributed by atoms with Crippen LogP contribution in [0.25, 0.3) is 11.2 Å². The largest absolute Gasteiger partial charge is 0.387 e. The second kappa shape index (κ2) is 6.60. The number of imidazole rings is 1. The van der Waals surface area contributed by atoms with Gasteiger partial charge in [0.05, 0.1) is 19.4 Å². The Morgan fingerprint density at radius 2 is 2.12 bits per heavy atom. The van der Waals surface area contributed by atoms with E-state index < -0.39 is 17.4 Å². The third kappa shape index (κ3) is 2.99. The van der Waals surface area contributed by atoms with Gasteiger partial charge in [0.2, 0.25) is 5.84 Å². The van der Waals surface area contributed by atoms with E-state index in [4.69, 9.17) is 0 Å². The zero-order valence-electron chi connectivity index (χ0n) is 13.9. The van der Waals surface area contributed by atoms with Crippen molar-refractivity contribution >= 4 is 17.0 Å². The van der Waals surface area contributed by atoms with E-state index in [9.17, 15) is 14.7 Å². The predicted molar refractivity (Wildman–Crippen MR) is 88.9 cm³/mol. The van der Waals surface area contributed by atoms with Gasteiger partial charge in [-0.2, -0.15) is 0 Å². The molecule has 3 rings (SSSR count). The van der Waals surface area contributed by atoms with E-state index in [1.165, 1.54) is 17.9 Å². The summed E-state index contributed by atoms with van der Waals surface area (Å²) in [7, 11) is 3.01. The second-order valence-corrected chi connectivity index (χ2v) is 6.17. The number of amidine groups is 1. The highest BCUT2D eigenvalue weighted by molar-refractivity contribution is 5.76. The molecule has 0 aromatic carbocycles. The molecule has 1 aliphatic heterocycles. The number of aromatic nitrogens is 4. The smallest absolute Gasteiger partial charge is 0.332 e. The van der Waals surface area contributed by atoms with Crippen LogP contribution in [0, 0.1) is 0 Å². The van der Waals surface area contributed by atoms with Crippen molar-refractivity contribution in [3.8, 4) is 0 Å². The molecule has 9 nitrogen and oxygen atoms in total. The van der Waals surface area contributed by atoms with Crippen LogP contribution in [0.3, 0.4) is 0 Å². The fourth-order valence-corrected chi connectivity index (χ4v) is 2.97. The quantitative estimate of drug-likeness (QED) is 0.554. The summed E-state index contributed by atoms with van der Waals surface area (Å²) in [6, 6.07) is 0. The SMILES string of the molecule is Cn1c(=O)c2c(ncn2C[C@H](O)CNC2=[NH+]CCCC2)n(C)c1=O. The van der Waals surface area contributed by atoms with Gasteiger partial charge in [-0.1, -0.05) is 0 Å². The molecule has 0 saturated carbocycles. The number of aliphatic hydroxyl groups is 1. The Labute approximate surface area is 138 Å². The van der Waals surface area contributed by atoms with Crippen molar-refractivity contribution < 1.29 is 10.1 Å². The van der Waals surface area contributed by atoms with Gasteiger partial charge in [0, 0.05) is 20.5 Å². The summed E-state index contributed by atoms with van der Waals surface area (Å²) in [5, 5.41) is 13.5. The van der Waals surface area contributed by atoms with E-state index in [1.807, 2.05) is 0 Å². The molecular weight excluding hydrogens is 312 g/mol. The lowest BCUT2D eigenvalue weighted by Gasteiger charge is -2.13. The van der Waals surface area contributed by atoms with E-state index in [-0.39, 0.29) is 6.54 Å². The number of hydrogen-bond donors (Lipinski definition) is 3. The van der Waals surface area contributed by atoms with E-state index in [0.717, 1.165) is 36.2 Å². The molecule has 0 unspecified atom stereocenters. The Morgan fingerprint density at radius 1 is 1.33 bits per heavy atom. The minimum absolute atomic E-state index is 0.226. The van der Waals surface area contributed by atoms with Crippen LogP contribution in [0.4, 0.5) is 0 Å². The molecule has 2 aromatic rings. The molecule has 3 N–H and O–H groups in total. The molecule has 0 aliphatic carbocycles. The first-order valence-corrected chi connectivity index (χ1v) is 8.11. The summed E-state index contributed by atoms with van der Waals surface area (Å²) in [4.78, 5) is 31.7. The zero-order valence-corrected chi connectivity index (χ0v) is 13.9. The van der Waals surface area contributed by atoms with Gasteiger partial charge >= 0.3 is 5.69 Å². The van der Waals surface area contributed by atoms with Crippen molar-refractivity contribution in [3.05, 3.63) is 27.2 Å². The van der Waals surface area contributed by atoms with Crippen LogP contribution >= 0.6 is 0 Å². The normalized spacial score (nSPS) is 16.2. The Morgan fingerprint density at radius 3 is 2.83 bits per heavy atom. The van der Waals surface area contributed by atoms with Gasteiger partial charge in [-0.3, -0.25) is 24.2 Å². The predicted octanol–water partition coefficient (Wildman–Crippen LogP) is -2.95. The van der Waals surface area contributed by atoms with Crippen molar-refractivity contribution in [3.63, 3.8) is 0 Å². The van der Waals surface area contributed by atoms with Gasteiger partial charge in [-0.15, -0.1) is 0 Å². The van der Waals surface area contributed by atoms with E-state index in [0.29, 0.717) is 17.7 Å². The molecule has 0 spiro atoms. The van der Waals surface area contributed by atoms with Crippen molar-refractivity contribution in [2.75, 3.05) is 13.1 Å². The number of fused-ring (bicyclic) bond motifs is 1. The molecule has 0 saturated heterocycles. The standard InChI is InChI=1S/C15H22N6O3/c1-19-13-12(14(23)20(2)15(19)24)21(9-18-13)8-10(22)7-17-11-5-3-4-6-16-11/h9-10,22H,3-8H2,1-2H3,(H,16,17)/p+1/t10-/m1/s1. The van der Waals surface area contributed by atoms with Crippen LogP contribution < -0.4 is 21.6 Å². The third-order valence-corrected chi connectivity index (χ3v) is 4.37. The van der Waals surface area contributed by atoms with Gasteiger partial charge in [-0.05, 0) is 12.8 Å². The van der Waals surface area contributed by atoms with Crippen LogP contribution in [-0.4, -0.2) is 48.8 Å². The zero-order chi connectivity index (χ0) is 17.3. The van der Waals surface area contributed by atoms with E-state index >= 15 is 0 Å². The number of aryl methyl sites for hydroxylation is 1. The Balaban J connectivity index is 1.79. The van der Waals surface area contributed by atoms with Crippen LogP contribution in [0.15, 0.2) is 15.9 Å². The minimum atomic E-state index is -0.680. The van der Waals surface area contributed by atoms with Gasteiger partial charge < -0.3 is 9.67 Å². The summed E-state index contributed by atoms with van der Waals surface area (Å²) in [6.45, 7) is 1.56. The van der Waals surface area contributed by atoms with E-state index in [1.54, 1.807) is 11.6 Å². The number of nitrogens with zero attached hydrogens (tertiary/aromatic N) is 4. The Hall–Kier alpha value is -2.42. The minimum Gasteiger partial charge on any atom is -0.387 e. The maximum atomic E-state index is 12.3. The molecule has 2 aromatic heterocycles. The molecule has 3 heterocycles. The lowest BCUT2D eigenvalue weighted by molar-refractivity contribution is -0.466. The Bertz CT molecular complexity index is 891. The highest BCUT2D eigenvalue weighted by atomic mass is 16.3. The first-order valence-electron chi connectivity index (χ1n) is 8.11. The summed E-state index contributed by atoms with van der Waals surface area (Å²) in [5.41, 5.74) is -0.178. The van der Waals surface area contributed by atoms with Gasteiger partial charge in [0.25, 0.3) is 5.56 Å². The molecule has 0 fully saturated rings.